The zero-order valence-electron chi connectivity index (χ0n) is 8.12. The molecule has 78 valence electrons. The molecule has 1 amide bonds. The van der Waals surface area contributed by atoms with E-state index in [-0.39, 0.29) is 5.91 Å². The Labute approximate surface area is 91.7 Å². The third-order valence-electron chi connectivity index (χ3n) is 1.93. The van der Waals surface area contributed by atoms with Gasteiger partial charge in [0, 0.05) is 18.7 Å². The molecule has 0 heterocycles. The molecule has 1 N–H and O–H groups in total. The number of hydrogen-bond donors (Lipinski definition) is 3. The predicted octanol–water partition coefficient (Wildman–Crippen LogP) is 1.91. The van der Waals surface area contributed by atoms with E-state index in [4.69, 9.17) is 0 Å². The van der Waals surface area contributed by atoms with Gasteiger partial charge in [-0.1, -0.05) is 6.42 Å². The molecule has 1 unspecified atom stereocenters. The van der Waals surface area contributed by atoms with Crippen LogP contribution in [0.5, 0.6) is 0 Å². The van der Waals surface area contributed by atoms with E-state index >= 15 is 0 Å². The van der Waals surface area contributed by atoms with Crippen LogP contribution in [0.2, 0.25) is 0 Å². The van der Waals surface area contributed by atoms with Crippen LogP contribution in [0.1, 0.15) is 32.1 Å². The number of nitrogens with one attached hydrogen (secondary N) is 1. The molecule has 0 aliphatic heterocycles. The Hall–Kier alpha value is 0.170. The van der Waals surface area contributed by atoms with Gasteiger partial charge in [0.1, 0.15) is 0 Å². The van der Waals surface area contributed by atoms with Crippen LogP contribution in [-0.2, 0) is 4.79 Å². The van der Waals surface area contributed by atoms with Crippen molar-refractivity contribution in [1.82, 2.24) is 5.32 Å². The Balaban J connectivity index is 3.20. The van der Waals surface area contributed by atoms with Gasteiger partial charge in [-0.15, -0.1) is 0 Å². The maximum Gasteiger partial charge on any atom is 0.219 e. The molecule has 0 radical (unpaired) electrons. The molecule has 0 aromatic rings. The van der Waals surface area contributed by atoms with E-state index in [2.05, 4.69) is 30.6 Å². The van der Waals surface area contributed by atoms with Gasteiger partial charge in [0.25, 0.3) is 0 Å². The van der Waals surface area contributed by atoms with Gasteiger partial charge in [-0.2, -0.15) is 25.3 Å². The fraction of sp³-hybridized carbons (Fsp3) is 0.889. The van der Waals surface area contributed by atoms with Crippen molar-refractivity contribution in [1.29, 1.82) is 0 Å². The Morgan fingerprint density at radius 3 is 2.62 bits per heavy atom. The maximum absolute atomic E-state index is 10.8. The van der Waals surface area contributed by atoms with E-state index in [1.807, 2.05) is 0 Å². The molecule has 0 aromatic heterocycles. The van der Waals surface area contributed by atoms with Crippen LogP contribution >= 0.6 is 25.3 Å². The highest BCUT2D eigenvalue weighted by molar-refractivity contribution is 7.81. The lowest BCUT2D eigenvalue weighted by Crippen LogP contribution is -2.17. The third kappa shape index (κ3) is 8.50. The van der Waals surface area contributed by atoms with Gasteiger partial charge in [-0.3, -0.25) is 4.79 Å². The van der Waals surface area contributed by atoms with Crippen molar-refractivity contribution in [2.45, 2.75) is 37.4 Å². The number of carbonyl (C=O) groups excluding carboxylic acids is 1. The molecule has 1 atom stereocenters. The van der Waals surface area contributed by atoms with Gasteiger partial charge < -0.3 is 5.32 Å². The molecule has 0 saturated heterocycles. The average Bonchev–Trinajstić information content (AvgIpc) is 2.12. The second-order valence-electron chi connectivity index (χ2n) is 3.09. The minimum atomic E-state index is 0.130. The second-order valence-corrected chi connectivity index (χ2v) is 4.26. The number of amides is 1. The molecule has 0 aliphatic rings. The summed E-state index contributed by atoms with van der Waals surface area (Å²) in [6.45, 7) is 0. The van der Waals surface area contributed by atoms with Gasteiger partial charge in [0.05, 0.1) is 0 Å². The first-order chi connectivity index (χ1) is 6.20. The summed E-state index contributed by atoms with van der Waals surface area (Å²) in [5.41, 5.74) is 0. The van der Waals surface area contributed by atoms with Crippen molar-refractivity contribution < 1.29 is 4.79 Å². The van der Waals surface area contributed by atoms with Crippen LogP contribution in [-0.4, -0.2) is 24.0 Å². The lowest BCUT2D eigenvalue weighted by molar-refractivity contribution is -0.120. The lowest BCUT2D eigenvalue weighted by atomic mass is 10.1. The number of unbranched alkanes of at least 4 members (excludes halogenated alkanes) is 1. The Kier molecular flexibility index (Phi) is 8.87. The second kappa shape index (κ2) is 8.75. The normalized spacial score (nSPS) is 12.5. The fourth-order valence-corrected chi connectivity index (χ4v) is 1.91. The first kappa shape index (κ1) is 13.2. The van der Waals surface area contributed by atoms with E-state index in [1.54, 1.807) is 7.05 Å². The summed E-state index contributed by atoms with van der Waals surface area (Å²) in [7, 11) is 1.67. The van der Waals surface area contributed by atoms with Gasteiger partial charge >= 0.3 is 0 Å². The van der Waals surface area contributed by atoms with Crippen molar-refractivity contribution in [3.63, 3.8) is 0 Å². The van der Waals surface area contributed by atoms with E-state index in [0.29, 0.717) is 11.7 Å². The van der Waals surface area contributed by atoms with Crippen LogP contribution in [0.4, 0.5) is 0 Å². The molecular weight excluding hydrogens is 202 g/mol. The number of rotatable bonds is 7. The van der Waals surface area contributed by atoms with Crippen LogP contribution in [0, 0.1) is 0 Å². The molecule has 0 rings (SSSR count). The average molecular weight is 221 g/mol. The molecule has 4 heteroatoms. The largest absolute Gasteiger partial charge is 0.359 e. The molecule has 0 aliphatic carbocycles. The molecule has 0 bridgehead atoms. The summed E-state index contributed by atoms with van der Waals surface area (Å²) in [6.07, 6.45) is 4.81. The quantitative estimate of drug-likeness (QED) is 0.445. The molecule has 13 heavy (non-hydrogen) atoms. The molecule has 0 fully saturated rings. The van der Waals surface area contributed by atoms with Crippen LogP contribution in [0.3, 0.4) is 0 Å². The SMILES string of the molecule is CNC(=O)CCCCC(S)CCS. The summed E-state index contributed by atoms with van der Waals surface area (Å²) in [4.78, 5) is 10.8. The van der Waals surface area contributed by atoms with Gasteiger partial charge in [-0.25, -0.2) is 0 Å². The van der Waals surface area contributed by atoms with E-state index in [9.17, 15) is 4.79 Å². The summed E-state index contributed by atoms with van der Waals surface area (Å²) in [6, 6.07) is 0. The summed E-state index contributed by atoms with van der Waals surface area (Å²) >= 11 is 8.55. The molecule has 2 nitrogen and oxygen atoms in total. The highest BCUT2D eigenvalue weighted by atomic mass is 32.1. The van der Waals surface area contributed by atoms with Crippen molar-refractivity contribution in [3.05, 3.63) is 0 Å². The Morgan fingerprint density at radius 1 is 1.38 bits per heavy atom. The first-order valence-electron chi connectivity index (χ1n) is 4.70. The standard InChI is InChI=1S/C9H19NOS2/c1-10-9(11)5-3-2-4-8(13)6-7-12/h8,12-13H,2-7H2,1H3,(H,10,11). The smallest absolute Gasteiger partial charge is 0.219 e. The topological polar surface area (TPSA) is 29.1 Å². The Bertz CT molecular complexity index is 142. The maximum atomic E-state index is 10.8. The highest BCUT2D eigenvalue weighted by Gasteiger charge is 2.02. The highest BCUT2D eigenvalue weighted by Crippen LogP contribution is 2.12. The zero-order chi connectivity index (χ0) is 10.1. The minimum absolute atomic E-state index is 0.130. The van der Waals surface area contributed by atoms with Crippen molar-refractivity contribution in [2.75, 3.05) is 12.8 Å². The van der Waals surface area contributed by atoms with Gasteiger partial charge in [0.2, 0.25) is 5.91 Å². The van der Waals surface area contributed by atoms with E-state index in [1.165, 1.54) is 0 Å². The van der Waals surface area contributed by atoms with Crippen molar-refractivity contribution in [2.24, 2.45) is 0 Å². The summed E-state index contributed by atoms with van der Waals surface area (Å²) in [5, 5.41) is 3.05. The van der Waals surface area contributed by atoms with Gasteiger partial charge in [0.15, 0.2) is 0 Å². The fourth-order valence-electron chi connectivity index (χ4n) is 1.08. The molecular formula is C9H19NOS2. The van der Waals surface area contributed by atoms with Crippen LogP contribution in [0.15, 0.2) is 0 Å². The van der Waals surface area contributed by atoms with Gasteiger partial charge in [-0.05, 0) is 25.0 Å². The first-order valence-corrected chi connectivity index (χ1v) is 5.85. The summed E-state index contributed by atoms with van der Waals surface area (Å²) in [5.74, 6) is 1.02. The van der Waals surface area contributed by atoms with Crippen molar-refractivity contribution >= 4 is 31.2 Å². The number of thiol groups is 2. The monoisotopic (exact) mass is 221 g/mol. The minimum Gasteiger partial charge on any atom is -0.359 e. The third-order valence-corrected chi connectivity index (χ3v) is 2.71. The van der Waals surface area contributed by atoms with Crippen LogP contribution < -0.4 is 5.32 Å². The lowest BCUT2D eigenvalue weighted by Gasteiger charge is -2.07. The summed E-state index contributed by atoms with van der Waals surface area (Å²) < 4.78 is 0. The van der Waals surface area contributed by atoms with Crippen molar-refractivity contribution in [3.8, 4) is 0 Å². The molecule has 0 spiro atoms. The number of carbonyl (C=O) groups is 1. The van der Waals surface area contributed by atoms with E-state index in [0.717, 1.165) is 31.4 Å². The Morgan fingerprint density at radius 2 is 2.08 bits per heavy atom. The molecule has 0 aromatic carbocycles. The van der Waals surface area contributed by atoms with E-state index < -0.39 is 0 Å². The predicted molar refractivity (Wildman–Crippen MR) is 63.8 cm³/mol. The zero-order valence-corrected chi connectivity index (χ0v) is 9.91. The van der Waals surface area contributed by atoms with Crippen LogP contribution in [0.25, 0.3) is 0 Å². The molecule has 0 saturated carbocycles. The number of hydrogen-bond acceptors (Lipinski definition) is 3.